The quantitative estimate of drug-likeness (QED) is 0.188. The number of fused-ring (bicyclic) bond motifs is 2. The maximum atomic E-state index is 12.2. The summed E-state index contributed by atoms with van der Waals surface area (Å²) in [5.74, 6) is 0.344. The molecule has 1 aromatic carbocycles. The van der Waals surface area contributed by atoms with Crippen LogP contribution in [0.2, 0.25) is 0 Å². The number of aromatic amines is 1. The molecule has 0 radical (unpaired) electrons. The van der Waals surface area contributed by atoms with Gasteiger partial charge >= 0.3 is 5.69 Å². The van der Waals surface area contributed by atoms with Crippen molar-refractivity contribution in [3.05, 3.63) is 44.1 Å². The lowest BCUT2D eigenvalue weighted by Gasteiger charge is -2.17. The Bertz CT molecular complexity index is 1040. The molecule has 8 N–H and O–H groups in total. The van der Waals surface area contributed by atoms with Crippen molar-refractivity contribution >= 4 is 11.0 Å². The first kappa shape index (κ1) is 28.2. The molecule has 1 aromatic rings. The summed E-state index contributed by atoms with van der Waals surface area (Å²) in [4.78, 5) is 34.7. The molecular formula is C18H28Cl3N7O2. The van der Waals surface area contributed by atoms with Gasteiger partial charge in [0.25, 0.3) is 5.56 Å². The van der Waals surface area contributed by atoms with E-state index in [1.807, 2.05) is 30.5 Å². The molecule has 0 spiro atoms. The summed E-state index contributed by atoms with van der Waals surface area (Å²) in [6.45, 7) is 9.54. The second-order valence-corrected chi connectivity index (χ2v) is 6.82. The van der Waals surface area contributed by atoms with E-state index < -0.39 is 11.2 Å². The number of hydrogen-bond donors (Lipinski definition) is 4. The molecule has 0 bridgehead atoms. The summed E-state index contributed by atoms with van der Waals surface area (Å²) >= 11 is 0. The third-order valence-corrected chi connectivity index (χ3v) is 4.76. The molecule has 0 atom stereocenters. The van der Waals surface area contributed by atoms with Crippen LogP contribution in [0, 0.1) is 13.8 Å². The third kappa shape index (κ3) is 6.37. The topological polar surface area (TPSA) is 142 Å². The van der Waals surface area contributed by atoms with E-state index in [2.05, 4.69) is 31.3 Å². The molecule has 168 valence electrons. The number of aryl methyl sites for hydroxylation is 2. The number of benzene rings is 1. The normalized spacial score (nSPS) is 10.4. The van der Waals surface area contributed by atoms with Gasteiger partial charge in [-0.3, -0.25) is 9.78 Å². The fourth-order valence-corrected chi connectivity index (χ4v) is 3.17. The molecule has 0 aromatic heterocycles. The van der Waals surface area contributed by atoms with Crippen molar-refractivity contribution < 1.29 is 53.6 Å². The van der Waals surface area contributed by atoms with Gasteiger partial charge in [0.05, 0.1) is 24.1 Å². The number of hydrogen-bond acceptors (Lipinski definition) is 4. The highest BCUT2D eigenvalue weighted by molar-refractivity contribution is 5.81. The highest BCUT2D eigenvalue weighted by Gasteiger charge is 2.19. The molecule has 2 heterocycles. The maximum absolute atomic E-state index is 12.2. The van der Waals surface area contributed by atoms with Crippen molar-refractivity contribution in [1.29, 1.82) is 0 Å². The summed E-state index contributed by atoms with van der Waals surface area (Å²) in [5.41, 5.74) is 6.77. The Morgan fingerprint density at radius 2 is 1.60 bits per heavy atom. The van der Waals surface area contributed by atoms with Crippen molar-refractivity contribution in [3.63, 3.8) is 0 Å². The number of H-pyrrole nitrogens is 1. The first-order chi connectivity index (χ1) is 13.0. The zero-order valence-corrected chi connectivity index (χ0v) is 19.3. The van der Waals surface area contributed by atoms with Crippen LogP contribution in [0.3, 0.4) is 0 Å². The van der Waals surface area contributed by atoms with Gasteiger partial charge in [0.1, 0.15) is 26.2 Å². The molecule has 0 saturated carbocycles. The summed E-state index contributed by atoms with van der Waals surface area (Å²) in [5, 5.41) is 4.49. The fourth-order valence-electron chi connectivity index (χ4n) is 3.17. The molecule has 9 nitrogen and oxygen atoms in total. The van der Waals surface area contributed by atoms with E-state index in [-0.39, 0.29) is 42.9 Å². The molecule has 0 saturated heterocycles. The van der Waals surface area contributed by atoms with Gasteiger partial charge in [0.2, 0.25) is 0 Å². The third-order valence-electron chi connectivity index (χ3n) is 4.76. The van der Waals surface area contributed by atoms with Crippen LogP contribution in [0.4, 0.5) is 0 Å². The SMILES string of the molecule is Cc1cc2nc3c(=O)[nH]c(=O)nc-3n(CC[NH2+]CC[NH2+]CC[NH3+])c2cc1C.[Cl-].[Cl-].[Cl-]. The Kier molecular flexibility index (Phi) is 12.1. The molecule has 2 aliphatic heterocycles. The Morgan fingerprint density at radius 3 is 2.27 bits per heavy atom. The number of quaternary nitrogens is 3. The number of halogens is 3. The Balaban J connectivity index is 0.00000280. The van der Waals surface area contributed by atoms with Gasteiger partial charge in [-0.15, -0.1) is 0 Å². The van der Waals surface area contributed by atoms with Crippen LogP contribution >= 0.6 is 0 Å². The predicted octanol–water partition coefficient (Wildman–Crippen LogP) is -12.4. The molecule has 3 rings (SSSR count). The number of rotatable bonds is 8. The number of aromatic nitrogens is 4. The molecular weight excluding hydrogens is 453 g/mol. The van der Waals surface area contributed by atoms with Crippen LogP contribution in [0.15, 0.2) is 21.7 Å². The van der Waals surface area contributed by atoms with E-state index in [0.29, 0.717) is 12.4 Å². The van der Waals surface area contributed by atoms with Crippen LogP contribution in [-0.2, 0) is 6.54 Å². The van der Waals surface area contributed by atoms with Crippen molar-refractivity contribution in [3.8, 4) is 11.5 Å². The Morgan fingerprint density at radius 1 is 0.967 bits per heavy atom. The van der Waals surface area contributed by atoms with Crippen LogP contribution in [0.25, 0.3) is 22.6 Å². The van der Waals surface area contributed by atoms with Crippen LogP contribution in [0.1, 0.15) is 11.1 Å². The number of nitrogens with zero attached hydrogens (tertiary/aromatic N) is 3. The molecule has 0 aliphatic carbocycles. The van der Waals surface area contributed by atoms with E-state index in [9.17, 15) is 9.59 Å². The van der Waals surface area contributed by atoms with E-state index in [4.69, 9.17) is 0 Å². The lowest BCUT2D eigenvalue weighted by atomic mass is 10.1. The van der Waals surface area contributed by atoms with Gasteiger partial charge in [-0.1, -0.05) is 0 Å². The minimum absolute atomic E-state index is 0. The van der Waals surface area contributed by atoms with Gasteiger partial charge in [-0.25, -0.2) is 9.78 Å². The number of nitrogens with one attached hydrogen (secondary N) is 1. The Labute approximate surface area is 192 Å². The highest BCUT2D eigenvalue weighted by atomic mass is 35.5. The molecule has 12 heteroatoms. The molecule has 0 amide bonds. The van der Waals surface area contributed by atoms with E-state index in [1.54, 1.807) is 0 Å². The van der Waals surface area contributed by atoms with Crippen molar-refractivity contribution in [2.45, 2.75) is 20.4 Å². The minimum Gasteiger partial charge on any atom is -1.00 e. The van der Waals surface area contributed by atoms with Crippen molar-refractivity contribution in [2.24, 2.45) is 0 Å². The first-order valence-corrected chi connectivity index (χ1v) is 9.35. The summed E-state index contributed by atoms with van der Waals surface area (Å²) < 4.78 is 1.94. The van der Waals surface area contributed by atoms with Gasteiger partial charge in [0.15, 0.2) is 11.5 Å². The second kappa shape index (κ2) is 12.8. The lowest BCUT2D eigenvalue weighted by molar-refractivity contribution is -0.729. The largest absolute Gasteiger partial charge is 1.00 e. The highest BCUT2D eigenvalue weighted by Crippen LogP contribution is 2.23. The lowest BCUT2D eigenvalue weighted by Crippen LogP contribution is -3.00. The molecule has 0 unspecified atom stereocenters. The van der Waals surface area contributed by atoms with Crippen LogP contribution < -0.4 is 64.8 Å². The predicted molar refractivity (Wildman–Crippen MR) is 102 cm³/mol. The van der Waals surface area contributed by atoms with E-state index in [1.165, 1.54) is 0 Å². The zero-order valence-electron chi connectivity index (χ0n) is 17.1. The van der Waals surface area contributed by atoms with Gasteiger partial charge in [-0.2, -0.15) is 4.98 Å². The molecule has 30 heavy (non-hydrogen) atoms. The van der Waals surface area contributed by atoms with Crippen molar-refractivity contribution in [1.82, 2.24) is 19.5 Å². The van der Waals surface area contributed by atoms with E-state index >= 15 is 0 Å². The summed E-state index contributed by atoms with van der Waals surface area (Å²) in [6, 6.07) is 4.02. The molecule has 2 aliphatic rings. The average molecular weight is 481 g/mol. The summed E-state index contributed by atoms with van der Waals surface area (Å²) in [7, 11) is 0. The standard InChI is InChI=1S/C18H25N7O2.3ClH/c1-11-9-13-14(10-12(11)2)25(8-7-21-6-5-20-4-3-19)16-15(22-13)17(26)24-18(27)23-16;;;/h9-10,20-21H,3-8,19H2,1-2H3,(H,24,26,27);3*1H. The van der Waals surface area contributed by atoms with Crippen molar-refractivity contribution in [2.75, 3.05) is 32.7 Å². The Hall–Kier alpha value is -1.75. The monoisotopic (exact) mass is 479 g/mol. The van der Waals surface area contributed by atoms with Gasteiger partial charge in [-0.05, 0) is 37.1 Å². The summed E-state index contributed by atoms with van der Waals surface area (Å²) in [6.07, 6.45) is 0. The second-order valence-electron chi connectivity index (χ2n) is 6.82. The van der Waals surface area contributed by atoms with Crippen LogP contribution in [0.5, 0.6) is 0 Å². The number of nitrogens with two attached hydrogens (primary N) is 2. The average Bonchev–Trinajstić information content (AvgIpc) is 2.62. The van der Waals surface area contributed by atoms with Gasteiger partial charge < -0.3 is 58.2 Å². The smallest absolute Gasteiger partial charge is 0.349 e. The fraction of sp³-hybridized carbons (Fsp3) is 0.444. The minimum atomic E-state index is -0.641. The zero-order chi connectivity index (χ0) is 19.4. The maximum Gasteiger partial charge on any atom is 0.349 e. The molecule has 0 fully saturated rings. The van der Waals surface area contributed by atoms with Gasteiger partial charge in [0, 0.05) is 0 Å². The van der Waals surface area contributed by atoms with E-state index in [0.717, 1.165) is 54.9 Å². The first-order valence-electron chi connectivity index (χ1n) is 9.35. The van der Waals surface area contributed by atoms with Crippen LogP contribution in [-0.4, -0.2) is 52.2 Å².